The molecule has 3 rings (SSSR count). The molecule has 1 aromatic carbocycles. The first-order valence-electron chi connectivity index (χ1n) is 7.10. The molecule has 2 aromatic rings. The molecule has 1 aliphatic carbocycles. The quantitative estimate of drug-likeness (QED) is 0.886. The fourth-order valence-electron chi connectivity index (χ4n) is 2.99. The third kappa shape index (κ3) is 2.71. The zero-order valence-electron chi connectivity index (χ0n) is 11.4. The summed E-state index contributed by atoms with van der Waals surface area (Å²) in [6.45, 7) is 3.14. The predicted octanol–water partition coefficient (Wildman–Crippen LogP) is 3.10. The fraction of sp³-hybridized carbons (Fsp3) is 0.438. The lowest BCUT2D eigenvalue weighted by Gasteiger charge is -2.13. The van der Waals surface area contributed by atoms with Gasteiger partial charge in [-0.1, -0.05) is 25.1 Å². The minimum absolute atomic E-state index is 0.643. The van der Waals surface area contributed by atoms with Gasteiger partial charge in [-0.25, -0.2) is 0 Å². The maximum Gasteiger partial charge on any atom is 0.0726 e. The number of hydrogen-bond donors (Lipinski definition) is 2. The summed E-state index contributed by atoms with van der Waals surface area (Å²) in [5.41, 5.74) is 8.94. The van der Waals surface area contributed by atoms with Gasteiger partial charge in [0.2, 0.25) is 0 Å². The lowest BCUT2D eigenvalue weighted by atomic mass is 10.1. The van der Waals surface area contributed by atoms with Crippen LogP contribution in [0.3, 0.4) is 0 Å². The van der Waals surface area contributed by atoms with Crippen LogP contribution in [-0.4, -0.2) is 11.0 Å². The third-order valence-electron chi connectivity index (χ3n) is 4.07. The zero-order valence-corrected chi connectivity index (χ0v) is 11.4. The molecule has 3 heteroatoms. The summed E-state index contributed by atoms with van der Waals surface area (Å²) in [5.74, 6) is 0.854. The highest BCUT2D eigenvalue weighted by Crippen LogP contribution is 2.25. The van der Waals surface area contributed by atoms with Crippen LogP contribution in [0.5, 0.6) is 0 Å². The minimum atomic E-state index is 0.643. The molecular formula is C16H21N3. The van der Waals surface area contributed by atoms with E-state index in [2.05, 4.69) is 17.2 Å². The Labute approximate surface area is 114 Å². The molecule has 3 N–H and O–H groups in total. The maximum absolute atomic E-state index is 6.10. The molecule has 0 radical (unpaired) electrons. The van der Waals surface area contributed by atoms with Gasteiger partial charge in [0.1, 0.15) is 0 Å². The van der Waals surface area contributed by atoms with Crippen molar-refractivity contribution in [2.45, 2.75) is 38.8 Å². The van der Waals surface area contributed by atoms with Gasteiger partial charge in [0, 0.05) is 23.7 Å². The molecule has 0 bridgehead atoms. The van der Waals surface area contributed by atoms with Crippen LogP contribution in [-0.2, 0) is 6.54 Å². The second-order valence-corrected chi connectivity index (χ2v) is 5.72. The summed E-state index contributed by atoms with van der Waals surface area (Å²) in [5, 5.41) is 4.64. The zero-order chi connectivity index (χ0) is 13.2. The van der Waals surface area contributed by atoms with Crippen LogP contribution >= 0.6 is 0 Å². The number of nitrogens with two attached hydrogens (primary N) is 1. The van der Waals surface area contributed by atoms with Crippen molar-refractivity contribution in [2.24, 2.45) is 5.92 Å². The molecule has 3 nitrogen and oxygen atoms in total. The molecular weight excluding hydrogens is 234 g/mol. The van der Waals surface area contributed by atoms with Gasteiger partial charge in [-0.3, -0.25) is 4.98 Å². The molecule has 1 fully saturated rings. The molecule has 1 saturated carbocycles. The van der Waals surface area contributed by atoms with Gasteiger partial charge in [-0.05, 0) is 37.3 Å². The van der Waals surface area contributed by atoms with Crippen LogP contribution in [0.15, 0.2) is 30.3 Å². The Morgan fingerprint density at radius 1 is 1.32 bits per heavy atom. The van der Waals surface area contributed by atoms with Crippen molar-refractivity contribution >= 4 is 16.6 Å². The number of para-hydroxylation sites is 1. The Morgan fingerprint density at radius 2 is 2.16 bits per heavy atom. The first kappa shape index (κ1) is 12.4. The highest BCUT2D eigenvalue weighted by molar-refractivity contribution is 5.90. The summed E-state index contributed by atoms with van der Waals surface area (Å²) in [4.78, 5) is 4.67. The Kier molecular flexibility index (Phi) is 3.38. The molecule has 0 saturated heterocycles. The average Bonchev–Trinajstić information content (AvgIpc) is 2.82. The van der Waals surface area contributed by atoms with Gasteiger partial charge in [0.15, 0.2) is 0 Å². The molecule has 1 aromatic heterocycles. The van der Waals surface area contributed by atoms with Gasteiger partial charge in [-0.2, -0.15) is 0 Å². The first-order chi connectivity index (χ1) is 9.22. The Morgan fingerprint density at radius 3 is 2.95 bits per heavy atom. The highest BCUT2D eigenvalue weighted by Gasteiger charge is 2.20. The summed E-state index contributed by atoms with van der Waals surface area (Å²) in [7, 11) is 0. The van der Waals surface area contributed by atoms with Crippen LogP contribution in [0.4, 0.5) is 5.69 Å². The largest absolute Gasteiger partial charge is 0.398 e. The normalized spacial score (nSPS) is 23.0. The van der Waals surface area contributed by atoms with E-state index >= 15 is 0 Å². The van der Waals surface area contributed by atoms with Crippen molar-refractivity contribution in [1.82, 2.24) is 10.3 Å². The van der Waals surface area contributed by atoms with Crippen LogP contribution in [0.25, 0.3) is 10.9 Å². The Balaban J connectivity index is 1.74. The van der Waals surface area contributed by atoms with E-state index in [1.165, 1.54) is 19.3 Å². The van der Waals surface area contributed by atoms with Crippen molar-refractivity contribution in [1.29, 1.82) is 0 Å². The van der Waals surface area contributed by atoms with Crippen LogP contribution in [0.2, 0.25) is 0 Å². The van der Waals surface area contributed by atoms with Crippen molar-refractivity contribution in [2.75, 3.05) is 5.73 Å². The maximum atomic E-state index is 6.10. The lowest BCUT2D eigenvalue weighted by molar-refractivity contribution is 0.499. The number of aromatic nitrogens is 1. The number of nitrogens with one attached hydrogen (secondary N) is 1. The monoisotopic (exact) mass is 255 g/mol. The average molecular weight is 255 g/mol. The van der Waals surface area contributed by atoms with E-state index in [9.17, 15) is 0 Å². The van der Waals surface area contributed by atoms with Crippen molar-refractivity contribution in [3.8, 4) is 0 Å². The number of fused-ring (bicyclic) bond motifs is 1. The van der Waals surface area contributed by atoms with E-state index in [-0.39, 0.29) is 0 Å². The number of benzene rings is 1. The number of nitrogen functional groups attached to an aromatic ring is 1. The summed E-state index contributed by atoms with van der Waals surface area (Å²) < 4.78 is 0. The number of pyridine rings is 1. The summed E-state index contributed by atoms with van der Waals surface area (Å²) in [6, 6.07) is 10.7. The number of hydrogen-bond acceptors (Lipinski definition) is 3. The number of rotatable bonds is 3. The molecule has 100 valence electrons. The van der Waals surface area contributed by atoms with Crippen molar-refractivity contribution in [3.05, 3.63) is 36.0 Å². The molecule has 0 aliphatic heterocycles. The van der Waals surface area contributed by atoms with Gasteiger partial charge in [-0.15, -0.1) is 0 Å². The van der Waals surface area contributed by atoms with E-state index in [4.69, 9.17) is 5.73 Å². The molecule has 1 heterocycles. The standard InChI is InChI=1S/C16H21N3/c1-11-6-7-12(8-11)18-10-13-9-15(17)14-4-2-3-5-16(14)19-13/h2-5,9,11-12,18H,6-8,10H2,1H3,(H2,17,19). The predicted molar refractivity (Wildman–Crippen MR) is 79.8 cm³/mol. The molecule has 2 unspecified atom stereocenters. The van der Waals surface area contributed by atoms with E-state index < -0.39 is 0 Å². The van der Waals surface area contributed by atoms with Crippen LogP contribution in [0, 0.1) is 5.92 Å². The summed E-state index contributed by atoms with van der Waals surface area (Å²) in [6.07, 6.45) is 3.90. The molecule has 1 aliphatic rings. The van der Waals surface area contributed by atoms with Gasteiger partial charge >= 0.3 is 0 Å². The number of anilines is 1. The topological polar surface area (TPSA) is 50.9 Å². The van der Waals surface area contributed by atoms with Crippen LogP contribution < -0.4 is 11.1 Å². The van der Waals surface area contributed by atoms with E-state index in [1.807, 2.05) is 30.3 Å². The highest BCUT2D eigenvalue weighted by atomic mass is 14.9. The van der Waals surface area contributed by atoms with Crippen molar-refractivity contribution < 1.29 is 0 Å². The molecule has 0 spiro atoms. The van der Waals surface area contributed by atoms with Crippen LogP contribution in [0.1, 0.15) is 31.9 Å². The second kappa shape index (κ2) is 5.17. The second-order valence-electron chi connectivity index (χ2n) is 5.72. The third-order valence-corrected chi connectivity index (χ3v) is 4.07. The Bertz CT molecular complexity index is 579. The minimum Gasteiger partial charge on any atom is -0.398 e. The van der Waals surface area contributed by atoms with E-state index in [0.717, 1.165) is 34.7 Å². The molecule has 2 atom stereocenters. The van der Waals surface area contributed by atoms with Crippen molar-refractivity contribution in [3.63, 3.8) is 0 Å². The van der Waals surface area contributed by atoms with Gasteiger partial charge < -0.3 is 11.1 Å². The SMILES string of the molecule is CC1CCC(NCc2cc(N)c3ccccc3n2)C1. The molecule has 0 amide bonds. The number of nitrogens with zero attached hydrogens (tertiary/aromatic N) is 1. The Hall–Kier alpha value is -1.61. The summed E-state index contributed by atoms with van der Waals surface area (Å²) >= 11 is 0. The van der Waals surface area contributed by atoms with Gasteiger partial charge in [0.25, 0.3) is 0 Å². The smallest absolute Gasteiger partial charge is 0.0726 e. The molecule has 19 heavy (non-hydrogen) atoms. The first-order valence-corrected chi connectivity index (χ1v) is 7.10. The van der Waals surface area contributed by atoms with E-state index in [1.54, 1.807) is 0 Å². The van der Waals surface area contributed by atoms with E-state index in [0.29, 0.717) is 6.04 Å². The van der Waals surface area contributed by atoms with Gasteiger partial charge in [0.05, 0.1) is 11.2 Å². The lowest BCUT2D eigenvalue weighted by Crippen LogP contribution is -2.26. The fourth-order valence-corrected chi connectivity index (χ4v) is 2.99.